The molecular formula is C14H26N2O3. The Morgan fingerprint density at radius 3 is 2.63 bits per heavy atom. The Balaban J connectivity index is 2.29. The summed E-state index contributed by atoms with van der Waals surface area (Å²) in [5, 5.41) is 15.1. The zero-order valence-electron chi connectivity index (χ0n) is 11.9. The lowest BCUT2D eigenvalue weighted by Crippen LogP contribution is -2.42. The average Bonchev–Trinajstić information content (AvgIpc) is 2.36. The van der Waals surface area contributed by atoms with Gasteiger partial charge in [0, 0.05) is 12.5 Å². The average molecular weight is 270 g/mol. The molecule has 0 aromatic carbocycles. The maximum absolute atomic E-state index is 11.8. The molecule has 1 fully saturated rings. The van der Waals surface area contributed by atoms with Gasteiger partial charge in [0.1, 0.15) is 6.04 Å². The van der Waals surface area contributed by atoms with Crippen LogP contribution in [0.3, 0.4) is 0 Å². The summed E-state index contributed by atoms with van der Waals surface area (Å²) in [4.78, 5) is 22.8. The predicted molar refractivity (Wildman–Crippen MR) is 73.9 cm³/mol. The van der Waals surface area contributed by atoms with Gasteiger partial charge in [-0.1, -0.05) is 20.3 Å². The maximum Gasteiger partial charge on any atom is 0.326 e. The highest BCUT2D eigenvalue weighted by molar-refractivity contribution is 5.83. The van der Waals surface area contributed by atoms with Gasteiger partial charge in [-0.3, -0.25) is 4.79 Å². The first-order chi connectivity index (χ1) is 8.99. The lowest BCUT2D eigenvalue weighted by molar-refractivity contribution is -0.142. The summed E-state index contributed by atoms with van der Waals surface area (Å²) in [7, 11) is 0. The molecule has 5 heteroatoms. The van der Waals surface area contributed by atoms with Crippen molar-refractivity contribution in [3.05, 3.63) is 0 Å². The van der Waals surface area contributed by atoms with Crippen LogP contribution < -0.4 is 10.6 Å². The minimum Gasteiger partial charge on any atom is -0.480 e. The van der Waals surface area contributed by atoms with E-state index < -0.39 is 12.0 Å². The van der Waals surface area contributed by atoms with Crippen LogP contribution in [0.2, 0.25) is 0 Å². The number of carboxylic acid groups (broad SMARTS) is 1. The predicted octanol–water partition coefficient (Wildman–Crippen LogP) is 1.52. The number of amides is 1. The van der Waals surface area contributed by atoms with Crippen LogP contribution in [-0.2, 0) is 9.59 Å². The fourth-order valence-electron chi connectivity index (χ4n) is 2.44. The first-order valence-corrected chi connectivity index (χ1v) is 7.24. The Morgan fingerprint density at radius 1 is 1.37 bits per heavy atom. The molecule has 1 saturated heterocycles. The van der Waals surface area contributed by atoms with Crippen molar-refractivity contribution in [2.45, 2.75) is 64.5 Å². The van der Waals surface area contributed by atoms with Crippen LogP contribution in [0.15, 0.2) is 0 Å². The standard InChI is InChI=1S/C14H26N2O3/c1-10(2)9-12(14(18)19)16-13(17)7-6-11-5-3-4-8-15-11/h10-12,15H,3-9H2,1-2H3,(H,16,17)(H,18,19). The van der Waals surface area contributed by atoms with Crippen LogP contribution in [0.4, 0.5) is 0 Å². The van der Waals surface area contributed by atoms with Crippen LogP contribution in [0, 0.1) is 5.92 Å². The monoisotopic (exact) mass is 270 g/mol. The van der Waals surface area contributed by atoms with E-state index in [1.807, 2.05) is 13.8 Å². The molecule has 1 aliphatic rings. The molecule has 0 saturated carbocycles. The van der Waals surface area contributed by atoms with Crippen LogP contribution in [-0.4, -0.2) is 35.6 Å². The molecule has 1 amide bonds. The molecule has 19 heavy (non-hydrogen) atoms. The molecule has 0 aromatic heterocycles. The van der Waals surface area contributed by atoms with Crippen molar-refractivity contribution in [2.24, 2.45) is 5.92 Å². The summed E-state index contributed by atoms with van der Waals surface area (Å²) >= 11 is 0. The van der Waals surface area contributed by atoms with Gasteiger partial charge in [0.25, 0.3) is 0 Å². The molecular weight excluding hydrogens is 244 g/mol. The maximum atomic E-state index is 11.8. The Labute approximate surface area is 115 Å². The molecule has 0 radical (unpaired) electrons. The highest BCUT2D eigenvalue weighted by atomic mass is 16.4. The molecule has 110 valence electrons. The van der Waals surface area contributed by atoms with Crippen LogP contribution in [0.5, 0.6) is 0 Å². The topological polar surface area (TPSA) is 78.4 Å². The van der Waals surface area contributed by atoms with Crippen molar-refractivity contribution in [2.75, 3.05) is 6.54 Å². The second kappa shape index (κ2) is 8.15. The third kappa shape index (κ3) is 6.57. The number of aliphatic carboxylic acids is 1. The zero-order chi connectivity index (χ0) is 14.3. The SMILES string of the molecule is CC(C)CC(NC(=O)CCC1CCCCN1)C(=O)O. The van der Waals surface area contributed by atoms with Crippen molar-refractivity contribution >= 4 is 11.9 Å². The van der Waals surface area contributed by atoms with E-state index in [1.54, 1.807) is 0 Å². The van der Waals surface area contributed by atoms with Crippen molar-refractivity contribution in [3.8, 4) is 0 Å². The van der Waals surface area contributed by atoms with Gasteiger partial charge in [-0.15, -0.1) is 0 Å². The number of carboxylic acids is 1. The highest BCUT2D eigenvalue weighted by Gasteiger charge is 2.21. The molecule has 1 rings (SSSR count). The number of piperidine rings is 1. The molecule has 0 spiro atoms. The molecule has 2 atom stereocenters. The van der Waals surface area contributed by atoms with Crippen molar-refractivity contribution in [3.63, 3.8) is 0 Å². The van der Waals surface area contributed by atoms with Crippen molar-refractivity contribution < 1.29 is 14.7 Å². The van der Waals surface area contributed by atoms with E-state index in [1.165, 1.54) is 12.8 Å². The number of carbonyl (C=O) groups excluding carboxylic acids is 1. The second-order valence-electron chi connectivity index (χ2n) is 5.77. The summed E-state index contributed by atoms with van der Waals surface area (Å²) in [6.07, 6.45) is 5.20. The van der Waals surface area contributed by atoms with Gasteiger partial charge in [0.05, 0.1) is 0 Å². The second-order valence-corrected chi connectivity index (χ2v) is 5.77. The van der Waals surface area contributed by atoms with Crippen molar-refractivity contribution in [1.29, 1.82) is 0 Å². The fraction of sp³-hybridized carbons (Fsp3) is 0.857. The van der Waals surface area contributed by atoms with Gasteiger partial charge in [-0.25, -0.2) is 4.79 Å². The van der Waals surface area contributed by atoms with Gasteiger partial charge < -0.3 is 15.7 Å². The van der Waals surface area contributed by atoms with Crippen LogP contribution in [0.1, 0.15) is 52.4 Å². The zero-order valence-corrected chi connectivity index (χ0v) is 11.9. The van der Waals surface area contributed by atoms with E-state index in [9.17, 15) is 9.59 Å². The van der Waals surface area contributed by atoms with Gasteiger partial charge in [-0.2, -0.15) is 0 Å². The minimum atomic E-state index is -0.946. The number of hydrogen-bond acceptors (Lipinski definition) is 3. The number of rotatable bonds is 7. The Kier molecular flexibility index (Phi) is 6.84. The first-order valence-electron chi connectivity index (χ1n) is 7.24. The summed E-state index contributed by atoms with van der Waals surface area (Å²) in [5.74, 6) is -0.848. The first kappa shape index (κ1) is 16.0. The van der Waals surface area contributed by atoms with E-state index >= 15 is 0 Å². The normalized spacial score (nSPS) is 21.1. The van der Waals surface area contributed by atoms with E-state index in [0.29, 0.717) is 18.9 Å². The summed E-state index contributed by atoms with van der Waals surface area (Å²) in [5.41, 5.74) is 0. The van der Waals surface area contributed by atoms with Gasteiger partial charge in [0.15, 0.2) is 0 Å². The molecule has 5 nitrogen and oxygen atoms in total. The lowest BCUT2D eigenvalue weighted by Gasteiger charge is -2.23. The number of carbonyl (C=O) groups is 2. The van der Waals surface area contributed by atoms with Gasteiger partial charge in [0.2, 0.25) is 5.91 Å². The van der Waals surface area contributed by atoms with Crippen LogP contribution in [0.25, 0.3) is 0 Å². The molecule has 1 aliphatic heterocycles. The minimum absolute atomic E-state index is 0.152. The third-order valence-electron chi connectivity index (χ3n) is 3.47. The molecule has 3 N–H and O–H groups in total. The van der Waals surface area contributed by atoms with Crippen LogP contribution >= 0.6 is 0 Å². The number of nitrogens with one attached hydrogen (secondary N) is 2. The van der Waals surface area contributed by atoms with E-state index in [0.717, 1.165) is 19.4 Å². The Bertz CT molecular complexity index is 299. The third-order valence-corrected chi connectivity index (χ3v) is 3.47. The highest BCUT2D eigenvalue weighted by Crippen LogP contribution is 2.12. The quantitative estimate of drug-likeness (QED) is 0.655. The van der Waals surface area contributed by atoms with E-state index in [-0.39, 0.29) is 11.8 Å². The number of hydrogen-bond donors (Lipinski definition) is 3. The summed E-state index contributed by atoms with van der Waals surface area (Å²) < 4.78 is 0. The molecule has 2 unspecified atom stereocenters. The van der Waals surface area contributed by atoms with E-state index in [2.05, 4.69) is 10.6 Å². The lowest BCUT2D eigenvalue weighted by atomic mass is 10.00. The summed E-state index contributed by atoms with van der Waals surface area (Å²) in [6, 6.07) is -0.348. The molecule has 0 bridgehead atoms. The van der Waals surface area contributed by atoms with E-state index in [4.69, 9.17) is 5.11 Å². The Morgan fingerprint density at radius 2 is 2.11 bits per heavy atom. The smallest absolute Gasteiger partial charge is 0.326 e. The fourth-order valence-corrected chi connectivity index (χ4v) is 2.44. The summed E-state index contributed by atoms with van der Waals surface area (Å²) in [6.45, 7) is 4.93. The molecule has 0 aromatic rings. The largest absolute Gasteiger partial charge is 0.480 e. The molecule has 1 heterocycles. The Hall–Kier alpha value is -1.10. The van der Waals surface area contributed by atoms with Gasteiger partial charge in [-0.05, 0) is 38.1 Å². The van der Waals surface area contributed by atoms with Crippen molar-refractivity contribution in [1.82, 2.24) is 10.6 Å². The van der Waals surface area contributed by atoms with Gasteiger partial charge >= 0.3 is 5.97 Å². The molecule has 0 aliphatic carbocycles.